The van der Waals surface area contributed by atoms with Crippen LogP contribution in [0.1, 0.15) is 50.8 Å². The number of aryl methyl sites for hydroxylation is 1. The summed E-state index contributed by atoms with van der Waals surface area (Å²) in [6, 6.07) is 26.2. The summed E-state index contributed by atoms with van der Waals surface area (Å²) < 4.78 is 5.23. The Balaban J connectivity index is 1.62. The molecule has 242 valence electrons. The van der Waals surface area contributed by atoms with Gasteiger partial charge in [-0.1, -0.05) is 105 Å². The molecule has 2 N–H and O–H groups in total. The zero-order chi connectivity index (χ0) is 33.2. The van der Waals surface area contributed by atoms with Gasteiger partial charge in [0, 0.05) is 12.6 Å². The van der Waals surface area contributed by atoms with Gasteiger partial charge < -0.3 is 20.1 Å². The first-order valence-electron chi connectivity index (χ1n) is 15.7. The lowest BCUT2D eigenvalue weighted by molar-refractivity contribution is -0.159. The first-order chi connectivity index (χ1) is 22.0. The van der Waals surface area contributed by atoms with Gasteiger partial charge in [0.25, 0.3) is 5.91 Å². The molecule has 3 aromatic rings. The number of ether oxygens (including phenoxy) is 1. The Kier molecular flexibility index (Phi) is 11.9. The second-order valence-corrected chi connectivity index (χ2v) is 12.1. The van der Waals surface area contributed by atoms with Crippen LogP contribution in [0.4, 0.5) is 0 Å². The van der Waals surface area contributed by atoms with Crippen LogP contribution >= 0.6 is 0 Å². The van der Waals surface area contributed by atoms with E-state index in [-0.39, 0.29) is 37.1 Å². The fourth-order valence-corrected chi connectivity index (χ4v) is 5.51. The number of hydrogen-bond donors (Lipinski definition) is 2. The van der Waals surface area contributed by atoms with Crippen molar-refractivity contribution in [3.8, 4) is 0 Å². The number of aliphatic hydroxyl groups is 1. The van der Waals surface area contributed by atoms with Crippen LogP contribution in [0.3, 0.4) is 0 Å². The molecule has 0 saturated carbocycles. The lowest BCUT2D eigenvalue weighted by Gasteiger charge is -2.41. The highest BCUT2D eigenvalue weighted by Gasteiger charge is 2.41. The normalized spacial score (nSPS) is 16.2. The average Bonchev–Trinajstić information content (AvgIpc) is 3.04. The van der Waals surface area contributed by atoms with Gasteiger partial charge in [-0.05, 0) is 49.3 Å². The fraction of sp³-hybridized carbons (Fsp3) is 0.351. The van der Waals surface area contributed by atoms with Crippen LogP contribution in [-0.4, -0.2) is 69.4 Å². The Bertz CT molecular complexity index is 1510. The molecule has 2 unspecified atom stereocenters. The Hall–Kier alpha value is -4.76. The summed E-state index contributed by atoms with van der Waals surface area (Å²) in [6.45, 7) is 6.70. The number of aliphatic hydroxyl groups excluding tert-OH is 1. The summed E-state index contributed by atoms with van der Waals surface area (Å²) in [4.78, 5) is 57.1. The minimum atomic E-state index is -1.63. The van der Waals surface area contributed by atoms with Crippen molar-refractivity contribution in [1.29, 1.82) is 0 Å². The van der Waals surface area contributed by atoms with E-state index in [1.165, 1.54) is 9.80 Å². The number of rotatable bonds is 13. The first-order valence-corrected chi connectivity index (χ1v) is 15.7. The smallest absolute Gasteiger partial charge is 0.337 e. The van der Waals surface area contributed by atoms with Crippen LogP contribution in [0, 0.1) is 5.92 Å². The molecule has 1 aliphatic rings. The average molecular weight is 626 g/mol. The Morgan fingerprint density at radius 3 is 1.98 bits per heavy atom. The number of carbonyl (C=O) groups excluding carboxylic acids is 4. The molecule has 9 heteroatoms. The van der Waals surface area contributed by atoms with Crippen LogP contribution in [0.25, 0.3) is 5.70 Å². The highest BCUT2D eigenvalue weighted by atomic mass is 16.6. The van der Waals surface area contributed by atoms with Gasteiger partial charge in [0.05, 0.1) is 17.8 Å². The molecule has 0 radical (unpaired) electrons. The molecule has 0 saturated heterocycles. The van der Waals surface area contributed by atoms with E-state index in [1.54, 1.807) is 20.0 Å². The van der Waals surface area contributed by atoms with E-state index < -0.39 is 36.2 Å². The lowest BCUT2D eigenvalue weighted by Crippen LogP contribution is -2.57. The third-order valence-corrected chi connectivity index (χ3v) is 7.75. The summed E-state index contributed by atoms with van der Waals surface area (Å²) in [5.74, 6) is -2.24. The van der Waals surface area contributed by atoms with E-state index in [4.69, 9.17) is 4.74 Å². The summed E-state index contributed by atoms with van der Waals surface area (Å²) in [5, 5.41) is 13.7. The van der Waals surface area contributed by atoms with E-state index in [2.05, 4.69) is 5.32 Å². The predicted octanol–water partition coefficient (Wildman–Crippen LogP) is 4.35. The number of esters is 1. The second-order valence-electron chi connectivity index (χ2n) is 12.1. The molecule has 3 atom stereocenters. The van der Waals surface area contributed by atoms with Gasteiger partial charge in [-0.2, -0.15) is 0 Å². The summed E-state index contributed by atoms with van der Waals surface area (Å²) in [5.41, 5.74) is 2.89. The van der Waals surface area contributed by atoms with Crippen molar-refractivity contribution in [2.75, 3.05) is 6.54 Å². The van der Waals surface area contributed by atoms with Gasteiger partial charge in [-0.15, -0.1) is 0 Å². The van der Waals surface area contributed by atoms with Gasteiger partial charge in [0.15, 0.2) is 6.10 Å². The number of nitrogens with one attached hydrogen (secondary N) is 1. The van der Waals surface area contributed by atoms with Crippen molar-refractivity contribution in [2.45, 2.75) is 71.2 Å². The van der Waals surface area contributed by atoms with E-state index >= 15 is 0 Å². The van der Waals surface area contributed by atoms with Crippen LogP contribution in [-0.2, 0) is 36.8 Å². The highest BCUT2D eigenvalue weighted by molar-refractivity contribution is 5.99. The fourth-order valence-electron chi connectivity index (χ4n) is 5.51. The number of nitrogens with zero attached hydrogens (tertiary/aromatic N) is 2. The maximum Gasteiger partial charge on any atom is 0.337 e. The molecular formula is C37H43N3O6. The molecule has 0 spiro atoms. The van der Waals surface area contributed by atoms with Gasteiger partial charge >= 0.3 is 5.97 Å². The third-order valence-electron chi connectivity index (χ3n) is 7.75. The summed E-state index contributed by atoms with van der Waals surface area (Å²) in [7, 11) is 0. The highest BCUT2D eigenvalue weighted by Crippen LogP contribution is 2.30. The van der Waals surface area contributed by atoms with Gasteiger partial charge in [-0.3, -0.25) is 19.3 Å². The maximum atomic E-state index is 14.2. The number of amides is 3. The molecular weight excluding hydrogens is 582 g/mol. The molecule has 0 aromatic heterocycles. The molecule has 1 aliphatic heterocycles. The van der Waals surface area contributed by atoms with Crippen molar-refractivity contribution >= 4 is 29.4 Å². The van der Waals surface area contributed by atoms with E-state index in [0.29, 0.717) is 17.7 Å². The molecule has 46 heavy (non-hydrogen) atoms. The Morgan fingerprint density at radius 2 is 1.41 bits per heavy atom. The molecule has 1 heterocycles. The van der Waals surface area contributed by atoms with Crippen LogP contribution < -0.4 is 5.32 Å². The zero-order valence-corrected chi connectivity index (χ0v) is 26.8. The molecule has 0 fully saturated rings. The number of benzene rings is 3. The van der Waals surface area contributed by atoms with Crippen LogP contribution in [0.2, 0.25) is 0 Å². The van der Waals surface area contributed by atoms with E-state index in [0.717, 1.165) is 11.1 Å². The Labute approximate surface area is 270 Å². The molecule has 0 aliphatic carbocycles. The van der Waals surface area contributed by atoms with Crippen molar-refractivity contribution < 1.29 is 29.0 Å². The molecule has 9 nitrogen and oxygen atoms in total. The van der Waals surface area contributed by atoms with Crippen molar-refractivity contribution in [2.24, 2.45) is 5.92 Å². The summed E-state index contributed by atoms with van der Waals surface area (Å²) >= 11 is 0. The van der Waals surface area contributed by atoms with E-state index in [9.17, 15) is 24.3 Å². The molecule has 3 aromatic carbocycles. The van der Waals surface area contributed by atoms with Gasteiger partial charge in [0.2, 0.25) is 11.8 Å². The first kappa shape index (κ1) is 34.1. The SMILES string of the molecule is CC(C)OC(=O)C(O)[C@H](Cc1ccccc1)NC(=O)CN1C(=O)C(C(C)C)N(C(=O)CCc2ccccc2)C=C1c1ccccc1. The van der Waals surface area contributed by atoms with E-state index in [1.807, 2.05) is 105 Å². The van der Waals surface area contributed by atoms with Gasteiger partial charge in [-0.25, -0.2) is 4.79 Å². The lowest BCUT2D eigenvalue weighted by atomic mass is 9.96. The quantitative estimate of drug-likeness (QED) is 0.273. The minimum absolute atomic E-state index is 0.161. The number of hydrogen-bond acceptors (Lipinski definition) is 6. The van der Waals surface area contributed by atoms with Gasteiger partial charge in [0.1, 0.15) is 12.6 Å². The predicted molar refractivity (Wildman–Crippen MR) is 176 cm³/mol. The number of carbonyl (C=O) groups is 4. The summed E-state index contributed by atoms with van der Waals surface area (Å²) in [6.07, 6.45) is 0.484. The molecule has 4 rings (SSSR count). The molecule has 0 bridgehead atoms. The third kappa shape index (κ3) is 8.91. The standard InChI is InChI=1S/C37H43N3O6/c1-25(2)34-36(44)39(24-32(41)38-30(22-28-16-10-6-11-17-28)35(43)37(45)46-26(3)4)31(29-18-12-7-13-19-29)23-40(34)33(42)21-20-27-14-8-5-9-15-27/h5-19,23,25-26,30,34-35,43H,20-22,24H2,1-4H3,(H,38,41)/t30-,34?,35?/m0/s1. The van der Waals surface area contributed by atoms with Crippen molar-refractivity contribution in [3.63, 3.8) is 0 Å². The minimum Gasteiger partial charge on any atom is -0.461 e. The topological polar surface area (TPSA) is 116 Å². The van der Waals surface area contributed by atoms with Crippen LogP contribution in [0.5, 0.6) is 0 Å². The second kappa shape index (κ2) is 16.0. The molecule has 3 amide bonds. The monoisotopic (exact) mass is 625 g/mol. The Morgan fingerprint density at radius 1 is 0.848 bits per heavy atom. The van der Waals surface area contributed by atoms with Crippen molar-refractivity contribution in [1.82, 2.24) is 15.1 Å². The largest absolute Gasteiger partial charge is 0.461 e. The van der Waals surface area contributed by atoms with Crippen molar-refractivity contribution in [3.05, 3.63) is 114 Å². The van der Waals surface area contributed by atoms with Crippen LogP contribution in [0.15, 0.2) is 97.2 Å². The zero-order valence-electron chi connectivity index (χ0n) is 26.8. The maximum absolute atomic E-state index is 14.2.